The van der Waals surface area contributed by atoms with Gasteiger partial charge in [0, 0.05) is 0 Å². The number of hydrogen-bond acceptors (Lipinski definition) is 0. The van der Waals surface area contributed by atoms with Gasteiger partial charge in [-0.25, -0.2) is 0 Å². The molecule has 0 unspecified atom stereocenters. The van der Waals surface area contributed by atoms with Crippen molar-refractivity contribution in [1.82, 2.24) is 0 Å². The summed E-state index contributed by atoms with van der Waals surface area (Å²) in [6, 6.07) is 44.5. The number of rotatable bonds is 4. The Balaban J connectivity index is 2.13. The molecule has 0 amide bonds. The molecule has 0 aromatic heterocycles. The maximum absolute atomic E-state index is 3.48. The molecule has 0 nitrogen and oxygen atoms in total. The summed E-state index contributed by atoms with van der Waals surface area (Å²) in [7, 11) is 0. The van der Waals surface area contributed by atoms with Gasteiger partial charge in [0.05, 0.1) is 0 Å². The molecule has 0 bridgehead atoms. The zero-order valence-corrected chi connectivity index (χ0v) is 17.6. The Bertz CT molecular complexity index is 753. The molecule has 4 aromatic carbocycles. The van der Waals surface area contributed by atoms with Gasteiger partial charge in [-0.15, -0.1) is 0 Å². The first-order valence-corrected chi connectivity index (χ1v) is 15.8. The first-order valence-electron chi connectivity index (χ1n) is 8.64. The van der Waals surface area contributed by atoms with E-state index in [1.54, 1.807) is 0 Å². The second-order valence-electron chi connectivity index (χ2n) is 6.21. The quantitative estimate of drug-likeness (QED) is 0.388. The third kappa shape index (κ3) is 2.94. The zero-order valence-electron chi connectivity index (χ0n) is 14.0. The Morgan fingerprint density at radius 1 is 0.280 bits per heavy atom. The molecule has 0 atom stereocenters. The standard InChI is InChI=1S/4C6H5.Hf/c4*1-2-4-6-5-3-1;/h4*1-5H;. The summed E-state index contributed by atoms with van der Waals surface area (Å²) in [5, 5.41) is 0. The van der Waals surface area contributed by atoms with E-state index in [9.17, 15) is 0 Å². The van der Waals surface area contributed by atoms with Gasteiger partial charge in [0.15, 0.2) is 0 Å². The Morgan fingerprint density at radius 2 is 0.480 bits per heavy atom. The average molecular weight is 487 g/mol. The van der Waals surface area contributed by atoms with Gasteiger partial charge in [-0.2, -0.15) is 0 Å². The molecule has 0 heterocycles. The van der Waals surface area contributed by atoms with Crippen molar-refractivity contribution in [3.63, 3.8) is 0 Å². The summed E-state index contributed by atoms with van der Waals surface area (Å²) in [6.45, 7) is 0. The molecule has 120 valence electrons. The number of benzene rings is 4. The summed E-state index contributed by atoms with van der Waals surface area (Å²) in [5.74, 6) is 0. The van der Waals surface area contributed by atoms with Gasteiger partial charge in [0.25, 0.3) is 0 Å². The van der Waals surface area contributed by atoms with Crippen LogP contribution >= 0.6 is 0 Å². The molecule has 0 radical (unpaired) electrons. The third-order valence-electron chi connectivity index (χ3n) is 4.83. The van der Waals surface area contributed by atoms with Crippen LogP contribution in [0.1, 0.15) is 0 Å². The van der Waals surface area contributed by atoms with Crippen LogP contribution in [0.25, 0.3) is 0 Å². The van der Waals surface area contributed by atoms with Crippen LogP contribution in [-0.4, -0.2) is 0 Å². The molecule has 25 heavy (non-hydrogen) atoms. The summed E-state index contributed by atoms with van der Waals surface area (Å²) in [5.41, 5.74) is 0. The van der Waals surface area contributed by atoms with Gasteiger partial charge in [-0.05, 0) is 0 Å². The van der Waals surface area contributed by atoms with Crippen LogP contribution in [0.15, 0.2) is 121 Å². The van der Waals surface area contributed by atoms with E-state index in [1.165, 1.54) is 13.3 Å². The van der Waals surface area contributed by atoms with Gasteiger partial charge in [0.1, 0.15) is 0 Å². The van der Waals surface area contributed by atoms with E-state index in [0.29, 0.717) is 0 Å². The fraction of sp³-hybridized carbons (Fsp3) is 0. The fourth-order valence-corrected chi connectivity index (χ4v) is 20.9. The van der Waals surface area contributed by atoms with Crippen molar-refractivity contribution in [3.05, 3.63) is 121 Å². The van der Waals surface area contributed by atoms with Crippen LogP contribution in [0.2, 0.25) is 0 Å². The van der Waals surface area contributed by atoms with Gasteiger partial charge >= 0.3 is 155 Å². The van der Waals surface area contributed by atoms with E-state index < -0.39 is 20.0 Å². The molecule has 0 spiro atoms. The van der Waals surface area contributed by atoms with Crippen molar-refractivity contribution < 1.29 is 20.0 Å². The molecule has 0 aliphatic carbocycles. The molecule has 4 rings (SSSR count). The van der Waals surface area contributed by atoms with Crippen molar-refractivity contribution in [3.8, 4) is 0 Å². The molecule has 0 saturated carbocycles. The van der Waals surface area contributed by atoms with Crippen molar-refractivity contribution >= 4 is 13.3 Å². The van der Waals surface area contributed by atoms with E-state index in [1.807, 2.05) is 0 Å². The number of hydrogen-bond donors (Lipinski definition) is 0. The predicted octanol–water partition coefficient (Wildman–Crippen LogP) is 3.44. The Kier molecular flexibility index (Phi) is 4.76. The van der Waals surface area contributed by atoms with E-state index in [4.69, 9.17) is 0 Å². The Morgan fingerprint density at radius 3 is 0.680 bits per heavy atom. The van der Waals surface area contributed by atoms with Crippen LogP contribution < -0.4 is 13.3 Å². The molecule has 0 aliphatic rings. The Labute approximate surface area is 154 Å². The van der Waals surface area contributed by atoms with E-state index in [2.05, 4.69) is 121 Å². The van der Waals surface area contributed by atoms with Crippen molar-refractivity contribution in [2.24, 2.45) is 0 Å². The van der Waals surface area contributed by atoms with Gasteiger partial charge < -0.3 is 0 Å². The van der Waals surface area contributed by atoms with Crippen LogP contribution in [0.3, 0.4) is 0 Å². The van der Waals surface area contributed by atoms with Gasteiger partial charge in [-0.1, -0.05) is 0 Å². The first kappa shape index (κ1) is 16.2. The molecule has 1 heteroatoms. The third-order valence-corrected chi connectivity index (χ3v) is 22.1. The van der Waals surface area contributed by atoms with Crippen molar-refractivity contribution in [1.29, 1.82) is 0 Å². The normalized spacial score (nSPS) is 11.2. The summed E-state index contributed by atoms with van der Waals surface area (Å²) >= 11 is -3.48. The summed E-state index contributed by atoms with van der Waals surface area (Å²) < 4.78 is 5.99. The predicted molar refractivity (Wildman–Crippen MR) is 104 cm³/mol. The minimum absolute atomic E-state index is 1.50. The maximum atomic E-state index is 2.33. The molecule has 4 aromatic rings. The Hall–Kier alpha value is -2.25. The van der Waals surface area contributed by atoms with Crippen LogP contribution in [0, 0.1) is 0 Å². The fourth-order valence-electron chi connectivity index (χ4n) is 3.75. The molecular formula is C24H20Hf. The van der Waals surface area contributed by atoms with Gasteiger partial charge in [-0.3, -0.25) is 0 Å². The molecule has 0 fully saturated rings. The van der Waals surface area contributed by atoms with Crippen LogP contribution in [0.5, 0.6) is 0 Å². The summed E-state index contributed by atoms with van der Waals surface area (Å²) in [6.07, 6.45) is 0. The van der Waals surface area contributed by atoms with E-state index in [0.717, 1.165) is 0 Å². The minimum atomic E-state index is -3.48. The second-order valence-corrected chi connectivity index (χ2v) is 19.9. The van der Waals surface area contributed by atoms with Crippen LogP contribution in [-0.2, 0) is 20.0 Å². The first-order chi connectivity index (χ1) is 12.4. The van der Waals surface area contributed by atoms with Gasteiger partial charge in [0.2, 0.25) is 0 Å². The van der Waals surface area contributed by atoms with Crippen molar-refractivity contribution in [2.45, 2.75) is 0 Å². The van der Waals surface area contributed by atoms with E-state index in [-0.39, 0.29) is 0 Å². The molecular weight excluding hydrogens is 467 g/mol. The second kappa shape index (κ2) is 7.33. The summed E-state index contributed by atoms with van der Waals surface area (Å²) in [4.78, 5) is 0. The SMILES string of the molecule is c1cc[c]([Hf]([c]2ccccc2)([c]2ccccc2)[c]2ccccc2)cc1. The topological polar surface area (TPSA) is 0 Å². The monoisotopic (exact) mass is 488 g/mol. The molecule has 0 saturated heterocycles. The average Bonchev–Trinajstić information content (AvgIpc) is 2.72. The van der Waals surface area contributed by atoms with E-state index >= 15 is 0 Å². The van der Waals surface area contributed by atoms with Crippen molar-refractivity contribution in [2.75, 3.05) is 0 Å². The molecule has 0 N–H and O–H groups in total. The molecule has 0 aliphatic heterocycles. The van der Waals surface area contributed by atoms with Crippen LogP contribution in [0.4, 0.5) is 0 Å². The zero-order chi connectivity index (χ0) is 17.0.